The largest absolute Gasteiger partial charge is 0.398 e. The number of hydrogen-bond acceptors (Lipinski definition) is 4. The smallest absolute Gasteiger partial charge is 0.241 e. The molecule has 4 nitrogen and oxygen atoms in total. The summed E-state index contributed by atoms with van der Waals surface area (Å²) in [6.07, 6.45) is 3.08. The van der Waals surface area contributed by atoms with Gasteiger partial charge in [0, 0.05) is 17.0 Å². The summed E-state index contributed by atoms with van der Waals surface area (Å²) in [5.74, 6) is 1.01. The summed E-state index contributed by atoms with van der Waals surface area (Å²) < 4.78 is 28.4. The van der Waals surface area contributed by atoms with E-state index < -0.39 is 10.0 Å². The van der Waals surface area contributed by atoms with Gasteiger partial charge in [-0.2, -0.15) is 11.8 Å². The number of anilines is 1. The van der Waals surface area contributed by atoms with Gasteiger partial charge in [0.1, 0.15) is 0 Å². The highest BCUT2D eigenvalue weighted by molar-refractivity contribution is 8.00. The maximum absolute atomic E-state index is 12.8. The molecule has 0 bridgehead atoms. The standard InChI is InChI=1S/C15H24N2O2S2/c1-4-20-14-7-5-6-13(14)17-21(18,19)15-10(2)8-9-12(16)11(15)3/h8-9,13-14,17H,4-7,16H2,1-3H3. The second-order valence-electron chi connectivity index (χ2n) is 5.58. The Kier molecular flexibility index (Phi) is 5.22. The van der Waals surface area contributed by atoms with Gasteiger partial charge in [0.25, 0.3) is 0 Å². The molecule has 1 aromatic carbocycles. The van der Waals surface area contributed by atoms with Crippen LogP contribution < -0.4 is 10.5 Å². The van der Waals surface area contributed by atoms with E-state index in [4.69, 9.17) is 5.73 Å². The van der Waals surface area contributed by atoms with Crippen molar-refractivity contribution in [3.63, 3.8) is 0 Å². The zero-order valence-corrected chi connectivity index (χ0v) is 14.5. The van der Waals surface area contributed by atoms with Crippen molar-refractivity contribution in [3.8, 4) is 0 Å². The maximum Gasteiger partial charge on any atom is 0.241 e. The zero-order chi connectivity index (χ0) is 15.6. The molecule has 118 valence electrons. The highest BCUT2D eigenvalue weighted by atomic mass is 32.2. The molecule has 2 unspecified atom stereocenters. The highest BCUT2D eigenvalue weighted by Gasteiger charge is 2.32. The summed E-state index contributed by atoms with van der Waals surface area (Å²) in [4.78, 5) is 0.342. The molecular weight excluding hydrogens is 304 g/mol. The third kappa shape index (κ3) is 3.55. The molecule has 0 aliphatic heterocycles. The van der Waals surface area contributed by atoms with Gasteiger partial charge in [-0.05, 0) is 49.6 Å². The van der Waals surface area contributed by atoms with Crippen molar-refractivity contribution in [1.82, 2.24) is 4.72 Å². The minimum atomic E-state index is -3.52. The Hall–Kier alpha value is -0.720. The van der Waals surface area contributed by atoms with Gasteiger partial charge >= 0.3 is 0 Å². The van der Waals surface area contributed by atoms with Crippen molar-refractivity contribution in [1.29, 1.82) is 0 Å². The summed E-state index contributed by atoms with van der Waals surface area (Å²) in [5, 5.41) is 0.381. The monoisotopic (exact) mass is 328 g/mol. The molecule has 2 rings (SSSR count). The summed E-state index contributed by atoms with van der Waals surface area (Å²) in [6, 6.07) is 3.55. The fourth-order valence-corrected chi connectivity index (χ4v) is 6.08. The Morgan fingerprint density at radius 3 is 2.71 bits per heavy atom. The predicted molar refractivity (Wildman–Crippen MR) is 90.2 cm³/mol. The molecule has 21 heavy (non-hydrogen) atoms. The van der Waals surface area contributed by atoms with Gasteiger partial charge in [0.15, 0.2) is 0 Å². The number of benzene rings is 1. The number of aryl methyl sites for hydroxylation is 1. The van der Waals surface area contributed by atoms with Crippen LogP contribution in [0, 0.1) is 13.8 Å². The van der Waals surface area contributed by atoms with E-state index in [9.17, 15) is 8.42 Å². The van der Waals surface area contributed by atoms with E-state index >= 15 is 0 Å². The number of nitrogen functional groups attached to an aromatic ring is 1. The lowest BCUT2D eigenvalue weighted by atomic mass is 10.1. The molecule has 6 heteroatoms. The van der Waals surface area contributed by atoms with Gasteiger partial charge in [-0.1, -0.05) is 19.4 Å². The summed E-state index contributed by atoms with van der Waals surface area (Å²) in [6.45, 7) is 5.69. The summed E-state index contributed by atoms with van der Waals surface area (Å²) >= 11 is 1.84. The van der Waals surface area contributed by atoms with Crippen molar-refractivity contribution in [2.75, 3.05) is 11.5 Å². The molecular formula is C15H24N2O2S2. The predicted octanol–water partition coefficient (Wildman–Crippen LogP) is 2.84. The number of nitrogens with one attached hydrogen (secondary N) is 1. The van der Waals surface area contributed by atoms with E-state index in [-0.39, 0.29) is 6.04 Å². The average Bonchev–Trinajstić information content (AvgIpc) is 2.81. The second-order valence-corrected chi connectivity index (χ2v) is 8.75. The van der Waals surface area contributed by atoms with Crippen LogP contribution in [0.4, 0.5) is 5.69 Å². The van der Waals surface area contributed by atoms with Gasteiger partial charge in [0.2, 0.25) is 10.0 Å². The summed E-state index contributed by atoms with van der Waals surface area (Å²) in [5.41, 5.74) is 7.77. The van der Waals surface area contributed by atoms with E-state index in [0.717, 1.165) is 30.6 Å². The first kappa shape index (κ1) is 16.6. The van der Waals surface area contributed by atoms with Gasteiger partial charge < -0.3 is 5.73 Å². The average molecular weight is 329 g/mol. The highest BCUT2D eigenvalue weighted by Crippen LogP contribution is 2.32. The quantitative estimate of drug-likeness (QED) is 0.815. The second kappa shape index (κ2) is 6.58. The van der Waals surface area contributed by atoms with Gasteiger partial charge in [-0.25, -0.2) is 13.1 Å². The topological polar surface area (TPSA) is 72.2 Å². The first-order valence-corrected chi connectivity index (χ1v) is 9.89. The zero-order valence-electron chi connectivity index (χ0n) is 12.8. The van der Waals surface area contributed by atoms with E-state index in [0.29, 0.717) is 21.4 Å². The van der Waals surface area contributed by atoms with Crippen molar-refractivity contribution in [3.05, 3.63) is 23.3 Å². The van der Waals surface area contributed by atoms with Crippen molar-refractivity contribution < 1.29 is 8.42 Å². The lowest BCUT2D eigenvalue weighted by Crippen LogP contribution is -2.39. The van der Waals surface area contributed by atoms with E-state index in [1.165, 1.54) is 0 Å². The molecule has 1 aromatic rings. The molecule has 0 spiro atoms. The van der Waals surface area contributed by atoms with E-state index in [1.54, 1.807) is 19.1 Å². The normalized spacial score (nSPS) is 22.6. The first-order chi connectivity index (χ1) is 9.86. The number of hydrogen-bond donors (Lipinski definition) is 2. The van der Waals surface area contributed by atoms with E-state index in [1.807, 2.05) is 18.7 Å². The Morgan fingerprint density at radius 1 is 1.33 bits per heavy atom. The number of sulfonamides is 1. The van der Waals surface area contributed by atoms with Gasteiger partial charge in [0.05, 0.1) is 4.90 Å². The molecule has 2 atom stereocenters. The molecule has 3 N–H and O–H groups in total. The van der Waals surface area contributed by atoms with Crippen LogP contribution in [-0.4, -0.2) is 25.5 Å². The van der Waals surface area contributed by atoms with Crippen LogP contribution in [0.25, 0.3) is 0 Å². The van der Waals surface area contributed by atoms with Crippen LogP contribution in [0.1, 0.15) is 37.3 Å². The number of thioether (sulfide) groups is 1. The number of rotatable bonds is 5. The number of nitrogens with two attached hydrogens (primary N) is 1. The Balaban J connectivity index is 2.29. The molecule has 1 aliphatic rings. The Labute approximate surface area is 131 Å². The van der Waals surface area contributed by atoms with Crippen LogP contribution in [0.3, 0.4) is 0 Å². The van der Waals surface area contributed by atoms with Crippen LogP contribution in [-0.2, 0) is 10.0 Å². The maximum atomic E-state index is 12.8. The minimum Gasteiger partial charge on any atom is -0.398 e. The third-order valence-electron chi connectivity index (χ3n) is 4.05. The third-order valence-corrected chi connectivity index (χ3v) is 7.16. The molecule has 0 saturated heterocycles. The van der Waals surface area contributed by atoms with Crippen LogP contribution in [0.2, 0.25) is 0 Å². The molecule has 0 heterocycles. The Bertz CT molecular complexity index is 614. The lowest BCUT2D eigenvalue weighted by Gasteiger charge is -2.22. The van der Waals surface area contributed by atoms with Gasteiger partial charge in [-0.15, -0.1) is 0 Å². The first-order valence-electron chi connectivity index (χ1n) is 7.36. The van der Waals surface area contributed by atoms with Crippen LogP contribution in [0.15, 0.2) is 17.0 Å². The molecule has 0 aromatic heterocycles. The molecule has 0 radical (unpaired) electrons. The van der Waals surface area contributed by atoms with Crippen molar-refractivity contribution in [2.45, 2.75) is 56.2 Å². The lowest BCUT2D eigenvalue weighted by molar-refractivity contribution is 0.554. The van der Waals surface area contributed by atoms with Crippen molar-refractivity contribution >= 4 is 27.5 Å². The fourth-order valence-electron chi connectivity index (χ4n) is 2.99. The molecule has 1 saturated carbocycles. The van der Waals surface area contributed by atoms with E-state index in [2.05, 4.69) is 11.6 Å². The SMILES string of the molecule is CCSC1CCCC1NS(=O)(=O)c1c(C)ccc(N)c1C. The molecule has 1 fully saturated rings. The summed E-state index contributed by atoms with van der Waals surface area (Å²) in [7, 11) is -3.52. The minimum absolute atomic E-state index is 0.0279. The van der Waals surface area contributed by atoms with Crippen LogP contribution >= 0.6 is 11.8 Å². The van der Waals surface area contributed by atoms with Crippen LogP contribution in [0.5, 0.6) is 0 Å². The van der Waals surface area contributed by atoms with Crippen molar-refractivity contribution in [2.24, 2.45) is 0 Å². The molecule has 1 aliphatic carbocycles. The van der Waals surface area contributed by atoms with Gasteiger partial charge in [-0.3, -0.25) is 0 Å². The fraction of sp³-hybridized carbons (Fsp3) is 0.600. The molecule has 0 amide bonds. The Morgan fingerprint density at radius 2 is 2.05 bits per heavy atom.